The van der Waals surface area contributed by atoms with Crippen LogP contribution in [0.2, 0.25) is 0 Å². The van der Waals surface area contributed by atoms with Crippen molar-refractivity contribution in [3.8, 4) is 0 Å². The number of carbonyl (C=O) groups excluding carboxylic acids is 2. The number of rotatable bonds is 9. The summed E-state index contributed by atoms with van der Waals surface area (Å²) in [6.45, 7) is 2.51. The lowest BCUT2D eigenvalue weighted by Gasteiger charge is -2.41. The average Bonchev–Trinajstić information content (AvgIpc) is 3.21. The Morgan fingerprint density at radius 1 is 1.24 bits per heavy atom. The van der Waals surface area contributed by atoms with E-state index in [4.69, 9.17) is 4.74 Å². The lowest BCUT2D eigenvalue weighted by atomic mass is 9.66. The highest BCUT2D eigenvalue weighted by Gasteiger charge is 2.41. The molecule has 0 radical (unpaired) electrons. The molecule has 33 heavy (non-hydrogen) atoms. The smallest absolute Gasteiger partial charge is 0.311 e. The van der Waals surface area contributed by atoms with Crippen LogP contribution in [-0.4, -0.2) is 45.2 Å². The summed E-state index contributed by atoms with van der Waals surface area (Å²) in [5.41, 5.74) is 0.749. The monoisotopic (exact) mass is 470 g/mol. The summed E-state index contributed by atoms with van der Waals surface area (Å²) < 4.78 is 19.2. The summed E-state index contributed by atoms with van der Waals surface area (Å²) in [5, 5.41) is 15.9. The molecule has 1 aliphatic carbocycles. The maximum absolute atomic E-state index is 14.3. The number of nitrogens with zero attached hydrogens (tertiary/aromatic N) is 4. The summed E-state index contributed by atoms with van der Waals surface area (Å²) in [7, 11) is 0. The minimum absolute atomic E-state index is 0.0459. The van der Waals surface area contributed by atoms with Crippen LogP contribution in [0.15, 0.2) is 35.8 Å². The number of hydrogen-bond donors (Lipinski definition) is 2. The Labute approximate surface area is 193 Å². The largest absolute Gasteiger partial charge is 0.466 e. The molecule has 11 heteroatoms. The van der Waals surface area contributed by atoms with Gasteiger partial charge in [-0.25, -0.2) is 9.37 Å². The second-order valence-corrected chi connectivity index (χ2v) is 8.56. The van der Waals surface area contributed by atoms with Crippen LogP contribution >= 0.6 is 11.3 Å². The van der Waals surface area contributed by atoms with E-state index in [0.29, 0.717) is 35.5 Å². The summed E-state index contributed by atoms with van der Waals surface area (Å²) in [4.78, 5) is 32.5. The standard InChI is InChI=1S/C22H23FN6O3S/c1-2-32-18(30)11-14-12-33-21(26-14)27-20(31)16-6-7-17(29-28-16)25-13-22(8-4-9-22)19-15(23)5-3-10-24-19/h3,5-7,10,12H,2,4,8-9,11,13H2,1H3,(H,25,29)(H,26,27,31). The number of nitrogens with one attached hydrogen (secondary N) is 2. The van der Waals surface area contributed by atoms with Gasteiger partial charge in [0.15, 0.2) is 10.8 Å². The molecule has 3 heterocycles. The third-order valence-electron chi connectivity index (χ3n) is 5.48. The van der Waals surface area contributed by atoms with Gasteiger partial charge in [-0.3, -0.25) is 19.9 Å². The third-order valence-corrected chi connectivity index (χ3v) is 6.29. The summed E-state index contributed by atoms with van der Waals surface area (Å²) >= 11 is 1.21. The fourth-order valence-electron chi connectivity index (χ4n) is 3.65. The van der Waals surface area contributed by atoms with Crippen molar-refractivity contribution in [3.05, 3.63) is 58.7 Å². The molecule has 1 aliphatic rings. The first-order chi connectivity index (χ1) is 16.0. The summed E-state index contributed by atoms with van der Waals surface area (Å²) in [6.07, 6.45) is 4.35. The number of halogens is 1. The van der Waals surface area contributed by atoms with E-state index in [0.717, 1.165) is 19.3 Å². The van der Waals surface area contributed by atoms with Gasteiger partial charge in [0.25, 0.3) is 5.91 Å². The number of anilines is 2. The fraction of sp³-hybridized carbons (Fsp3) is 0.364. The van der Waals surface area contributed by atoms with Gasteiger partial charge in [0.05, 0.1) is 24.4 Å². The van der Waals surface area contributed by atoms with E-state index in [1.54, 1.807) is 36.7 Å². The minimum Gasteiger partial charge on any atom is -0.466 e. The summed E-state index contributed by atoms with van der Waals surface area (Å²) in [6, 6.07) is 6.21. The van der Waals surface area contributed by atoms with Gasteiger partial charge in [0, 0.05) is 23.5 Å². The van der Waals surface area contributed by atoms with Gasteiger partial charge in [0.1, 0.15) is 11.6 Å². The molecule has 0 atom stereocenters. The van der Waals surface area contributed by atoms with Crippen molar-refractivity contribution in [3.63, 3.8) is 0 Å². The molecule has 0 saturated heterocycles. The number of esters is 1. The second kappa shape index (κ2) is 9.99. The van der Waals surface area contributed by atoms with Gasteiger partial charge < -0.3 is 10.1 Å². The van der Waals surface area contributed by atoms with Gasteiger partial charge >= 0.3 is 5.97 Å². The maximum Gasteiger partial charge on any atom is 0.311 e. The van der Waals surface area contributed by atoms with Crippen LogP contribution in [0.1, 0.15) is 48.1 Å². The molecule has 3 aromatic heterocycles. The number of thiazole rings is 1. The van der Waals surface area contributed by atoms with E-state index in [-0.39, 0.29) is 29.3 Å². The van der Waals surface area contributed by atoms with Crippen LogP contribution in [0.5, 0.6) is 0 Å². The van der Waals surface area contributed by atoms with E-state index in [1.165, 1.54) is 17.4 Å². The predicted octanol–water partition coefficient (Wildman–Crippen LogP) is 3.36. The van der Waals surface area contributed by atoms with Crippen molar-refractivity contribution in [2.75, 3.05) is 23.8 Å². The van der Waals surface area contributed by atoms with Crippen molar-refractivity contribution >= 4 is 34.2 Å². The lowest BCUT2D eigenvalue weighted by Crippen LogP contribution is -2.42. The van der Waals surface area contributed by atoms with E-state index in [1.807, 2.05) is 0 Å². The zero-order chi connectivity index (χ0) is 23.3. The molecule has 172 valence electrons. The molecule has 2 N–H and O–H groups in total. The molecule has 1 fully saturated rings. The zero-order valence-corrected chi connectivity index (χ0v) is 18.8. The minimum atomic E-state index is -0.461. The average molecular weight is 471 g/mol. The van der Waals surface area contributed by atoms with Gasteiger partial charge in [-0.1, -0.05) is 6.42 Å². The molecule has 0 aliphatic heterocycles. The van der Waals surface area contributed by atoms with Crippen LogP contribution in [-0.2, 0) is 21.4 Å². The first-order valence-electron chi connectivity index (χ1n) is 10.6. The maximum atomic E-state index is 14.3. The molecule has 9 nitrogen and oxygen atoms in total. The summed E-state index contributed by atoms with van der Waals surface area (Å²) in [5.74, 6) is -0.647. The molecule has 1 amide bonds. The van der Waals surface area contributed by atoms with Crippen LogP contribution in [0, 0.1) is 5.82 Å². The van der Waals surface area contributed by atoms with Crippen LogP contribution < -0.4 is 10.6 Å². The molecular weight excluding hydrogens is 447 g/mol. The van der Waals surface area contributed by atoms with Gasteiger partial charge in [-0.2, -0.15) is 0 Å². The quantitative estimate of drug-likeness (QED) is 0.457. The second-order valence-electron chi connectivity index (χ2n) is 7.71. The Bertz CT molecular complexity index is 1130. The molecule has 0 spiro atoms. The van der Waals surface area contributed by atoms with E-state index >= 15 is 0 Å². The number of hydrogen-bond acceptors (Lipinski definition) is 9. The van der Waals surface area contributed by atoms with E-state index in [9.17, 15) is 14.0 Å². The van der Waals surface area contributed by atoms with Crippen LogP contribution in [0.3, 0.4) is 0 Å². The number of amides is 1. The van der Waals surface area contributed by atoms with Crippen molar-refractivity contribution in [2.24, 2.45) is 0 Å². The third kappa shape index (κ3) is 5.30. The Hall–Kier alpha value is -3.47. The lowest BCUT2D eigenvalue weighted by molar-refractivity contribution is -0.142. The fourth-order valence-corrected chi connectivity index (χ4v) is 4.36. The SMILES string of the molecule is CCOC(=O)Cc1csc(NC(=O)c2ccc(NCC3(c4ncccc4F)CCC3)nn2)n1. The normalized spacial score (nSPS) is 14.2. The zero-order valence-electron chi connectivity index (χ0n) is 18.0. The molecular formula is C22H23FN6O3S. The molecule has 1 saturated carbocycles. The highest BCUT2D eigenvalue weighted by Crippen LogP contribution is 2.43. The van der Waals surface area contributed by atoms with Crippen molar-refractivity contribution < 1.29 is 18.7 Å². The van der Waals surface area contributed by atoms with Crippen molar-refractivity contribution in [2.45, 2.75) is 38.0 Å². The highest BCUT2D eigenvalue weighted by atomic mass is 32.1. The van der Waals surface area contributed by atoms with Gasteiger partial charge in [-0.15, -0.1) is 21.5 Å². The van der Waals surface area contributed by atoms with E-state index < -0.39 is 5.91 Å². The van der Waals surface area contributed by atoms with Gasteiger partial charge in [0.2, 0.25) is 0 Å². The predicted molar refractivity (Wildman–Crippen MR) is 121 cm³/mol. The first kappa shape index (κ1) is 22.7. The van der Waals surface area contributed by atoms with E-state index in [2.05, 4.69) is 30.8 Å². The topological polar surface area (TPSA) is 119 Å². The number of aromatic nitrogens is 4. The van der Waals surface area contributed by atoms with Gasteiger partial charge in [-0.05, 0) is 44.0 Å². The molecule has 0 unspecified atom stereocenters. The number of carbonyl (C=O) groups is 2. The Kier molecular flexibility index (Phi) is 6.87. The van der Waals surface area contributed by atoms with Crippen molar-refractivity contribution in [1.82, 2.24) is 20.2 Å². The molecule has 4 rings (SSSR count). The molecule has 0 aromatic carbocycles. The number of ether oxygens (including phenoxy) is 1. The Morgan fingerprint density at radius 2 is 2.09 bits per heavy atom. The number of pyridine rings is 1. The van der Waals surface area contributed by atoms with Crippen LogP contribution in [0.4, 0.5) is 15.3 Å². The molecule has 3 aromatic rings. The Balaban J connectivity index is 1.34. The highest BCUT2D eigenvalue weighted by molar-refractivity contribution is 7.14. The first-order valence-corrected chi connectivity index (χ1v) is 11.5. The van der Waals surface area contributed by atoms with Crippen LogP contribution in [0.25, 0.3) is 0 Å². The molecule has 0 bridgehead atoms. The van der Waals surface area contributed by atoms with Crippen molar-refractivity contribution in [1.29, 1.82) is 0 Å². The Morgan fingerprint density at radius 3 is 2.76 bits per heavy atom.